The Kier molecular flexibility index (Phi) is 7.23. The fourth-order valence-corrected chi connectivity index (χ4v) is 3.21. The maximum Gasteiger partial charge on any atom is 0.412 e. The summed E-state index contributed by atoms with van der Waals surface area (Å²) >= 11 is 0. The summed E-state index contributed by atoms with van der Waals surface area (Å²) in [5, 5.41) is 12.9. The van der Waals surface area contributed by atoms with Gasteiger partial charge in [-0.2, -0.15) is 0 Å². The average molecular weight is 459 g/mol. The van der Waals surface area contributed by atoms with Gasteiger partial charge in [-0.1, -0.05) is 0 Å². The number of halogens is 2. The molecule has 1 aromatic rings. The van der Waals surface area contributed by atoms with Gasteiger partial charge in [-0.15, -0.1) is 0 Å². The van der Waals surface area contributed by atoms with Crippen molar-refractivity contribution in [2.75, 3.05) is 17.6 Å². The van der Waals surface area contributed by atoms with Crippen LogP contribution in [0.25, 0.3) is 0 Å². The van der Waals surface area contributed by atoms with Crippen molar-refractivity contribution in [3.05, 3.63) is 17.8 Å². The number of aromatic nitrogens is 1. The predicted octanol–water partition coefficient (Wildman–Crippen LogP) is 4.08. The van der Waals surface area contributed by atoms with Gasteiger partial charge >= 0.3 is 12.2 Å². The van der Waals surface area contributed by atoms with E-state index in [1.54, 1.807) is 41.5 Å². The largest absolute Gasteiger partial charge is 0.444 e. The van der Waals surface area contributed by atoms with Crippen LogP contribution < -0.4 is 11.1 Å². The van der Waals surface area contributed by atoms with Crippen molar-refractivity contribution in [2.24, 2.45) is 0 Å². The minimum absolute atomic E-state index is 0.0938. The van der Waals surface area contributed by atoms with Gasteiger partial charge in [0.25, 0.3) is 6.43 Å². The maximum atomic E-state index is 13.5. The molecule has 180 valence electrons. The number of nitrogen functional groups attached to an aromatic ring is 1. The van der Waals surface area contributed by atoms with E-state index in [1.165, 1.54) is 17.0 Å². The van der Waals surface area contributed by atoms with Gasteiger partial charge in [0.05, 0.1) is 17.4 Å². The van der Waals surface area contributed by atoms with E-state index in [-0.39, 0.29) is 30.2 Å². The molecule has 0 unspecified atom stereocenters. The summed E-state index contributed by atoms with van der Waals surface area (Å²) in [7, 11) is 0. The normalized spacial score (nSPS) is 21.9. The highest BCUT2D eigenvalue weighted by Crippen LogP contribution is 2.40. The zero-order chi connectivity index (χ0) is 24.5. The molecular weight excluding hydrogens is 426 g/mol. The van der Waals surface area contributed by atoms with Gasteiger partial charge in [0.15, 0.2) is 0 Å². The molecule has 11 heteroatoms. The van der Waals surface area contributed by atoms with E-state index in [0.29, 0.717) is 0 Å². The smallest absolute Gasteiger partial charge is 0.412 e. The number of alkyl halides is 2. The monoisotopic (exact) mass is 458 g/mol. The first kappa shape index (κ1) is 25.6. The van der Waals surface area contributed by atoms with Crippen LogP contribution in [0.3, 0.4) is 0 Å². The van der Waals surface area contributed by atoms with Crippen molar-refractivity contribution >= 4 is 23.7 Å². The third-order valence-corrected chi connectivity index (χ3v) is 4.67. The van der Waals surface area contributed by atoms with Crippen molar-refractivity contribution in [1.29, 1.82) is 0 Å². The van der Waals surface area contributed by atoms with Crippen molar-refractivity contribution in [3.8, 4) is 0 Å². The van der Waals surface area contributed by atoms with Gasteiger partial charge < -0.3 is 20.3 Å². The van der Waals surface area contributed by atoms with Gasteiger partial charge in [0, 0.05) is 13.0 Å². The highest BCUT2D eigenvalue weighted by atomic mass is 19.3. The zero-order valence-electron chi connectivity index (χ0n) is 19.2. The van der Waals surface area contributed by atoms with Crippen LogP contribution in [0.4, 0.5) is 29.9 Å². The molecule has 1 saturated heterocycles. The number of aliphatic hydroxyl groups is 1. The molecule has 1 fully saturated rings. The summed E-state index contributed by atoms with van der Waals surface area (Å²) < 4.78 is 37.6. The molecule has 2 rings (SSSR count). The number of hydrogen-bond acceptors (Lipinski definition) is 7. The first-order valence-corrected chi connectivity index (χ1v) is 10.3. The van der Waals surface area contributed by atoms with E-state index in [2.05, 4.69) is 10.3 Å². The fourth-order valence-electron chi connectivity index (χ4n) is 3.21. The minimum atomic E-state index is -3.00. The number of piperidine rings is 1. The molecule has 0 aliphatic carbocycles. The summed E-state index contributed by atoms with van der Waals surface area (Å²) in [6.45, 7) is 10.0. The number of hydrogen-bond donors (Lipinski definition) is 3. The average Bonchev–Trinajstić information content (AvgIpc) is 2.60. The zero-order valence-corrected chi connectivity index (χ0v) is 19.2. The van der Waals surface area contributed by atoms with Crippen LogP contribution in [-0.2, 0) is 9.47 Å². The predicted molar refractivity (Wildman–Crippen MR) is 114 cm³/mol. The lowest BCUT2D eigenvalue weighted by Gasteiger charge is -2.43. The topological polar surface area (TPSA) is 127 Å². The van der Waals surface area contributed by atoms with E-state index in [1.807, 2.05) is 0 Å². The molecule has 0 radical (unpaired) electrons. The van der Waals surface area contributed by atoms with Gasteiger partial charge in [-0.05, 0) is 60.1 Å². The quantitative estimate of drug-likeness (QED) is 0.623. The lowest BCUT2D eigenvalue weighted by molar-refractivity contribution is -0.139. The molecule has 0 spiro atoms. The lowest BCUT2D eigenvalue weighted by atomic mass is 9.85. The number of likely N-dealkylation sites (tertiary alicyclic amines) is 1. The highest BCUT2D eigenvalue weighted by Gasteiger charge is 2.48. The first-order chi connectivity index (χ1) is 14.5. The standard InChI is InChI=1S/C21H32F2N4O5/c1-19(2,3)31-17(28)26-13-8-7-12(25-15(13)24)14-11-21(30,16(22)23)9-10-27(14)18(29)32-20(4,5)6/h7-8,14,16,30H,9-11H2,1-6H3,(H2,24,25)(H,26,28)/t14-,21+/m0/s1. The number of amides is 2. The number of pyridine rings is 1. The molecule has 1 aliphatic heterocycles. The van der Waals surface area contributed by atoms with Crippen molar-refractivity contribution in [1.82, 2.24) is 9.88 Å². The molecule has 2 amide bonds. The summed E-state index contributed by atoms with van der Waals surface area (Å²) in [6, 6.07) is 1.88. The number of ether oxygens (including phenoxy) is 2. The molecule has 1 aliphatic rings. The molecule has 0 saturated carbocycles. The number of rotatable bonds is 3. The molecule has 2 atom stereocenters. The van der Waals surface area contributed by atoms with Crippen LogP contribution in [0.2, 0.25) is 0 Å². The van der Waals surface area contributed by atoms with Crippen LogP contribution in [0, 0.1) is 0 Å². The number of nitrogens with one attached hydrogen (secondary N) is 1. The summed E-state index contributed by atoms with van der Waals surface area (Å²) in [4.78, 5) is 30.2. The Morgan fingerprint density at radius 3 is 2.31 bits per heavy atom. The highest BCUT2D eigenvalue weighted by molar-refractivity contribution is 5.88. The second-order valence-corrected chi connectivity index (χ2v) is 9.84. The Bertz CT molecular complexity index is 854. The van der Waals surface area contributed by atoms with Crippen LogP contribution in [0.1, 0.15) is 66.1 Å². The summed E-state index contributed by atoms with van der Waals surface area (Å²) in [6.07, 6.45) is -5.21. The second-order valence-electron chi connectivity index (χ2n) is 9.84. The molecular formula is C21H32F2N4O5. The fraction of sp³-hybridized carbons (Fsp3) is 0.667. The van der Waals surface area contributed by atoms with Crippen LogP contribution in [0.5, 0.6) is 0 Å². The van der Waals surface area contributed by atoms with Crippen LogP contribution in [-0.4, -0.2) is 57.0 Å². The van der Waals surface area contributed by atoms with E-state index in [9.17, 15) is 23.5 Å². The third-order valence-electron chi connectivity index (χ3n) is 4.67. The van der Waals surface area contributed by atoms with Gasteiger partial charge in [0.1, 0.15) is 22.6 Å². The second kappa shape index (κ2) is 9.05. The number of nitrogens with two attached hydrogens (primary N) is 1. The minimum Gasteiger partial charge on any atom is -0.444 e. The van der Waals surface area contributed by atoms with Crippen LogP contribution in [0.15, 0.2) is 12.1 Å². The van der Waals surface area contributed by atoms with E-state index in [0.717, 1.165) is 0 Å². The molecule has 4 N–H and O–H groups in total. The summed E-state index contributed by atoms with van der Waals surface area (Å²) in [5.41, 5.74) is 2.50. The Hall–Kier alpha value is -2.69. The van der Waals surface area contributed by atoms with Crippen molar-refractivity contribution < 1.29 is 33.0 Å². The van der Waals surface area contributed by atoms with E-state index < -0.39 is 47.9 Å². The summed E-state index contributed by atoms with van der Waals surface area (Å²) in [5.74, 6) is -0.0938. The molecule has 9 nitrogen and oxygen atoms in total. The molecule has 2 heterocycles. The van der Waals surface area contributed by atoms with E-state index >= 15 is 0 Å². The van der Waals surface area contributed by atoms with Crippen LogP contribution >= 0.6 is 0 Å². The molecule has 32 heavy (non-hydrogen) atoms. The number of carbonyl (C=O) groups is 2. The lowest BCUT2D eigenvalue weighted by Crippen LogP contribution is -2.52. The van der Waals surface area contributed by atoms with Gasteiger partial charge in [-0.3, -0.25) is 10.2 Å². The Morgan fingerprint density at radius 2 is 1.81 bits per heavy atom. The Morgan fingerprint density at radius 1 is 1.22 bits per heavy atom. The number of nitrogens with zero attached hydrogens (tertiary/aromatic N) is 2. The van der Waals surface area contributed by atoms with Gasteiger partial charge in [0.2, 0.25) is 0 Å². The van der Waals surface area contributed by atoms with E-state index in [4.69, 9.17) is 15.2 Å². The first-order valence-electron chi connectivity index (χ1n) is 10.3. The van der Waals surface area contributed by atoms with Crippen molar-refractivity contribution in [2.45, 2.75) is 83.7 Å². The van der Waals surface area contributed by atoms with Gasteiger partial charge in [-0.25, -0.2) is 23.4 Å². The third kappa shape index (κ3) is 6.65. The number of carbonyl (C=O) groups excluding carboxylic acids is 2. The molecule has 0 aromatic carbocycles. The molecule has 0 bridgehead atoms. The maximum absolute atomic E-state index is 13.5. The van der Waals surface area contributed by atoms with Crippen molar-refractivity contribution in [3.63, 3.8) is 0 Å². The molecule has 1 aromatic heterocycles. The SMILES string of the molecule is CC(C)(C)OC(=O)Nc1ccc([C@@H]2C[C@@](O)(C(F)F)CCN2C(=O)OC(C)(C)C)nc1N. The Labute approximate surface area is 186 Å². The number of anilines is 2. The Balaban J connectivity index is 2.32.